The van der Waals surface area contributed by atoms with Crippen molar-refractivity contribution in [1.82, 2.24) is 15.3 Å². The number of carbonyl (C=O) groups is 2. The molecule has 0 saturated carbocycles. The van der Waals surface area contributed by atoms with Gasteiger partial charge in [0.15, 0.2) is 0 Å². The molecule has 2 atom stereocenters. The molecule has 1 aliphatic heterocycles. The van der Waals surface area contributed by atoms with Crippen molar-refractivity contribution in [2.45, 2.75) is 18.9 Å². The summed E-state index contributed by atoms with van der Waals surface area (Å²) in [7, 11) is 0. The molecule has 2 amide bonds. The summed E-state index contributed by atoms with van der Waals surface area (Å²) >= 11 is 0. The number of nitrogens with zero attached hydrogens (tertiary/aromatic N) is 3. The molecule has 25 heavy (non-hydrogen) atoms. The lowest BCUT2D eigenvalue weighted by Crippen LogP contribution is -2.46. The predicted molar refractivity (Wildman–Crippen MR) is 93.5 cm³/mol. The molecule has 2 unspecified atom stereocenters. The average molecular weight is 339 g/mol. The number of anilines is 1. The van der Waals surface area contributed by atoms with Gasteiger partial charge in [-0.15, -0.1) is 0 Å². The number of carbonyl (C=O) groups excluding carboxylic acids is 2. The van der Waals surface area contributed by atoms with E-state index in [-0.39, 0.29) is 11.8 Å². The van der Waals surface area contributed by atoms with E-state index in [4.69, 9.17) is 5.73 Å². The molecule has 0 aliphatic carbocycles. The number of primary amides is 1. The fraction of sp³-hybridized carbons (Fsp3) is 0.333. The molecular formula is C18H21N5O2. The van der Waals surface area contributed by atoms with Crippen LogP contribution >= 0.6 is 0 Å². The summed E-state index contributed by atoms with van der Waals surface area (Å²) in [6.45, 7) is 1.34. The molecule has 3 N–H and O–H groups in total. The maximum atomic E-state index is 12.7. The molecule has 1 aromatic carbocycles. The van der Waals surface area contributed by atoms with Crippen LogP contribution in [0.2, 0.25) is 0 Å². The Morgan fingerprint density at radius 2 is 1.88 bits per heavy atom. The summed E-state index contributed by atoms with van der Waals surface area (Å²) in [5, 5.41) is 2.79. The second-order valence-corrected chi connectivity index (χ2v) is 6.09. The van der Waals surface area contributed by atoms with Crippen molar-refractivity contribution >= 4 is 17.8 Å². The number of piperidine rings is 1. The zero-order valence-corrected chi connectivity index (χ0v) is 13.8. The minimum Gasteiger partial charge on any atom is -0.368 e. The molecule has 2 aromatic rings. The van der Waals surface area contributed by atoms with Crippen LogP contribution in [0.25, 0.3) is 0 Å². The minimum absolute atomic E-state index is 0.173. The van der Waals surface area contributed by atoms with Crippen LogP contribution < -0.4 is 16.0 Å². The number of aromatic nitrogens is 2. The molecule has 7 nitrogen and oxygen atoms in total. The number of nitrogens with one attached hydrogen (secondary N) is 1. The van der Waals surface area contributed by atoms with E-state index in [1.165, 1.54) is 0 Å². The van der Waals surface area contributed by atoms with Crippen LogP contribution in [-0.4, -0.2) is 34.9 Å². The Labute approximate surface area is 146 Å². The Hall–Kier alpha value is -2.96. The summed E-state index contributed by atoms with van der Waals surface area (Å²) in [6, 6.07) is 9.97. The first-order valence-electron chi connectivity index (χ1n) is 8.32. The monoisotopic (exact) mass is 339 g/mol. The van der Waals surface area contributed by atoms with Crippen LogP contribution in [-0.2, 0) is 9.59 Å². The summed E-state index contributed by atoms with van der Waals surface area (Å²) in [5.41, 5.74) is 6.16. The second kappa shape index (κ2) is 7.74. The van der Waals surface area contributed by atoms with Gasteiger partial charge in [0.1, 0.15) is 6.04 Å². The Morgan fingerprint density at radius 3 is 2.56 bits per heavy atom. The fourth-order valence-corrected chi connectivity index (χ4v) is 3.05. The molecule has 1 saturated heterocycles. The van der Waals surface area contributed by atoms with E-state index < -0.39 is 11.9 Å². The number of hydrogen-bond acceptors (Lipinski definition) is 5. The van der Waals surface area contributed by atoms with Crippen molar-refractivity contribution in [2.75, 3.05) is 18.0 Å². The maximum absolute atomic E-state index is 12.7. The van der Waals surface area contributed by atoms with Gasteiger partial charge in [0.25, 0.3) is 0 Å². The fourth-order valence-electron chi connectivity index (χ4n) is 3.05. The van der Waals surface area contributed by atoms with Gasteiger partial charge < -0.3 is 16.0 Å². The van der Waals surface area contributed by atoms with E-state index in [1.54, 1.807) is 30.6 Å². The number of nitrogens with two attached hydrogens (primary N) is 1. The van der Waals surface area contributed by atoms with Gasteiger partial charge in [-0.05, 0) is 24.5 Å². The molecule has 1 aliphatic rings. The zero-order valence-electron chi connectivity index (χ0n) is 13.8. The average Bonchev–Trinajstić information content (AvgIpc) is 2.67. The lowest BCUT2D eigenvalue weighted by Gasteiger charge is -2.32. The molecule has 0 bridgehead atoms. The number of amides is 2. The van der Waals surface area contributed by atoms with Gasteiger partial charge in [-0.1, -0.05) is 30.3 Å². The lowest BCUT2D eigenvalue weighted by molar-refractivity contribution is -0.130. The summed E-state index contributed by atoms with van der Waals surface area (Å²) in [6.07, 6.45) is 4.99. The highest BCUT2D eigenvalue weighted by Gasteiger charge is 2.30. The Kier molecular flexibility index (Phi) is 5.23. The Balaban J connectivity index is 1.68. The van der Waals surface area contributed by atoms with Crippen molar-refractivity contribution in [1.29, 1.82) is 0 Å². The van der Waals surface area contributed by atoms with Gasteiger partial charge in [-0.3, -0.25) is 9.59 Å². The van der Waals surface area contributed by atoms with Crippen LogP contribution in [0, 0.1) is 5.92 Å². The van der Waals surface area contributed by atoms with Crippen LogP contribution in [0.15, 0.2) is 48.8 Å². The summed E-state index contributed by atoms with van der Waals surface area (Å²) in [4.78, 5) is 34.9. The van der Waals surface area contributed by atoms with E-state index >= 15 is 0 Å². The quantitative estimate of drug-likeness (QED) is 0.847. The normalized spacial score (nSPS) is 18.4. The summed E-state index contributed by atoms with van der Waals surface area (Å²) < 4.78 is 0. The molecule has 2 heterocycles. The van der Waals surface area contributed by atoms with Crippen molar-refractivity contribution in [2.24, 2.45) is 11.7 Å². The number of rotatable bonds is 5. The maximum Gasteiger partial charge on any atom is 0.244 e. The molecular weight excluding hydrogens is 318 g/mol. The molecule has 1 fully saturated rings. The third-order valence-corrected chi connectivity index (χ3v) is 4.33. The standard InChI is InChI=1S/C18H21N5O2/c19-16(24)15(13-6-2-1-3-7-13)22-17(25)14-8-4-11-23(12-14)18-20-9-5-10-21-18/h1-3,5-7,9-10,14-15H,4,8,11-12H2,(H2,19,24)(H,22,25). The molecule has 7 heteroatoms. The largest absolute Gasteiger partial charge is 0.368 e. The van der Waals surface area contributed by atoms with Crippen LogP contribution in [0.1, 0.15) is 24.4 Å². The Morgan fingerprint density at radius 1 is 1.16 bits per heavy atom. The van der Waals surface area contributed by atoms with Gasteiger partial charge in [0.05, 0.1) is 5.92 Å². The van der Waals surface area contributed by atoms with E-state index in [1.807, 2.05) is 23.1 Å². The third kappa shape index (κ3) is 4.12. The van der Waals surface area contributed by atoms with E-state index in [2.05, 4.69) is 15.3 Å². The van der Waals surface area contributed by atoms with Crippen molar-refractivity contribution < 1.29 is 9.59 Å². The van der Waals surface area contributed by atoms with Gasteiger partial charge >= 0.3 is 0 Å². The van der Waals surface area contributed by atoms with Crippen LogP contribution in [0.3, 0.4) is 0 Å². The van der Waals surface area contributed by atoms with E-state index in [0.717, 1.165) is 19.4 Å². The predicted octanol–water partition coefficient (Wildman–Crippen LogP) is 1.04. The van der Waals surface area contributed by atoms with Crippen LogP contribution in [0.4, 0.5) is 5.95 Å². The number of benzene rings is 1. The number of hydrogen-bond donors (Lipinski definition) is 2. The molecule has 130 valence electrons. The molecule has 1 aromatic heterocycles. The van der Waals surface area contributed by atoms with Crippen LogP contribution in [0.5, 0.6) is 0 Å². The second-order valence-electron chi connectivity index (χ2n) is 6.09. The first kappa shape index (κ1) is 16.9. The third-order valence-electron chi connectivity index (χ3n) is 4.33. The summed E-state index contributed by atoms with van der Waals surface area (Å²) in [5.74, 6) is -0.357. The van der Waals surface area contributed by atoms with Crippen molar-refractivity contribution in [3.8, 4) is 0 Å². The van der Waals surface area contributed by atoms with Crippen molar-refractivity contribution in [3.63, 3.8) is 0 Å². The minimum atomic E-state index is -0.822. The SMILES string of the molecule is NC(=O)C(NC(=O)C1CCCN(c2ncccn2)C1)c1ccccc1. The molecule has 0 spiro atoms. The highest BCUT2D eigenvalue weighted by Crippen LogP contribution is 2.21. The van der Waals surface area contributed by atoms with Gasteiger partial charge in [0.2, 0.25) is 17.8 Å². The Bertz CT molecular complexity index is 723. The first-order chi connectivity index (χ1) is 12.1. The highest BCUT2D eigenvalue weighted by atomic mass is 16.2. The lowest BCUT2D eigenvalue weighted by atomic mass is 9.96. The van der Waals surface area contributed by atoms with E-state index in [9.17, 15) is 9.59 Å². The highest BCUT2D eigenvalue weighted by molar-refractivity contribution is 5.88. The van der Waals surface area contributed by atoms with Crippen molar-refractivity contribution in [3.05, 3.63) is 54.4 Å². The van der Waals surface area contributed by atoms with Gasteiger partial charge in [-0.25, -0.2) is 9.97 Å². The molecule has 3 rings (SSSR count). The van der Waals surface area contributed by atoms with E-state index in [0.29, 0.717) is 18.1 Å². The topological polar surface area (TPSA) is 101 Å². The molecule has 0 radical (unpaired) electrons. The van der Waals surface area contributed by atoms with Gasteiger partial charge in [0, 0.05) is 25.5 Å². The van der Waals surface area contributed by atoms with Gasteiger partial charge in [-0.2, -0.15) is 0 Å². The smallest absolute Gasteiger partial charge is 0.244 e. The first-order valence-corrected chi connectivity index (χ1v) is 8.32. The zero-order chi connectivity index (χ0) is 17.6.